The average Bonchev–Trinajstić information content (AvgIpc) is 2.71. The summed E-state index contributed by atoms with van der Waals surface area (Å²) < 4.78 is 54.2. The number of imidazole rings is 1. The highest BCUT2D eigenvalue weighted by Gasteiger charge is 2.21. The number of sulfonamides is 1. The Labute approximate surface area is 116 Å². The first-order valence-corrected chi connectivity index (χ1v) is 7.22. The summed E-state index contributed by atoms with van der Waals surface area (Å²) in [5.74, 6) is -2.04. The molecule has 0 amide bonds. The molecule has 0 radical (unpaired) electrons. The molecule has 1 heterocycles. The monoisotopic (exact) mass is 351 g/mol. The second-order valence-corrected chi connectivity index (χ2v) is 6.27. The van der Waals surface area contributed by atoms with Gasteiger partial charge in [-0.15, -0.1) is 0 Å². The van der Waals surface area contributed by atoms with Gasteiger partial charge in [0.15, 0.2) is 16.7 Å². The number of nitrogens with zero attached hydrogens (tertiary/aromatic N) is 2. The van der Waals surface area contributed by atoms with E-state index < -0.39 is 27.3 Å². The number of rotatable bonds is 3. The molecule has 5 nitrogen and oxygen atoms in total. The van der Waals surface area contributed by atoms with E-state index in [0.29, 0.717) is 0 Å². The molecule has 1 N–H and O–H groups in total. The quantitative estimate of drug-likeness (QED) is 0.922. The normalized spacial score (nSPS) is 11.6. The molecule has 2 rings (SSSR count). The lowest BCUT2D eigenvalue weighted by Gasteiger charge is -2.08. The predicted molar refractivity (Wildman–Crippen MR) is 68.1 cm³/mol. The van der Waals surface area contributed by atoms with Crippen molar-refractivity contribution < 1.29 is 17.2 Å². The standard InChI is InChI=1S/C10H8BrF2N3O2S/c1-16-4-9(14-5-16)19(17,18)15-10-7(12)2-6(11)3-8(10)13/h2-5,15H,1H3. The van der Waals surface area contributed by atoms with E-state index in [1.54, 1.807) is 7.05 Å². The van der Waals surface area contributed by atoms with Gasteiger partial charge in [0.1, 0.15) is 5.69 Å². The van der Waals surface area contributed by atoms with E-state index in [9.17, 15) is 17.2 Å². The Morgan fingerprint density at radius 3 is 2.37 bits per heavy atom. The summed E-state index contributed by atoms with van der Waals surface area (Å²) in [6.45, 7) is 0. The molecule has 0 aliphatic heterocycles. The highest BCUT2D eigenvalue weighted by molar-refractivity contribution is 9.10. The molecule has 19 heavy (non-hydrogen) atoms. The van der Waals surface area contributed by atoms with Gasteiger partial charge in [0.2, 0.25) is 0 Å². The summed E-state index contributed by atoms with van der Waals surface area (Å²) in [5.41, 5.74) is -0.742. The van der Waals surface area contributed by atoms with Gasteiger partial charge in [0, 0.05) is 17.7 Å². The number of aryl methyl sites for hydroxylation is 1. The molecule has 0 fully saturated rings. The van der Waals surface area contributed by atoms with Crippen LogP contribution in [0.3, 0.4) is 0 Å². The van der Waals surface area contributed by atoms with Crippen LogP contribution >= 0.6 is 15.9 Å². The lowest BCUT2D eigenvalue weighted by Crippen LogP contribution is -2.15. The second kappa shape index (κ2) is 4.89. The van der Waals surface area contributed by atoms with Crippen molar-refractivity contribution in [2.24, 2.45) is 7.05 Å². The topological polar surface area (TPSA) is 64.0 Å². The fourth-order valence-electron chi connectivity index (χ4n) is 1.35. The zero-order valence-electron chi connectivity index (χ0n) is 9.56. The van der Waals surface area contributed by atoms with E-state index in [1.807, 2.05) is 4.72 Å². The molecule has 1 aromatic carbocycles. The molecule has 2 aromatic rings. The molecule has 0 atom stereocenters. The number of nitrogens with one attached hydrogen (secondary N) is 1. The van der Waals surface area contributed by atoms with Gasteiger partial charge in [-0.2, -0.15) is 8.42 Å². The maximum atomic E-state index is 13.5. The van der Waals surface area contributed by atoms with E-state index in [1.165, 1.54) is 17.1 Å². The van der Waals surface area contributed by atoms with Crippen molar-refractivity contribution in [3.63, 3.8) is 0 Å². The second-order valence-electron chi connectivity index (χ2n) is 3.73. The molecule has 0 spiro atoms. The molecule has 1 aromatic heterocycles. The van der Waals surface area contributed by atoms with Crippen molar-refractivity contribution >= 4 is 31.6 Å². The van der Waals surface area contributed by atoms with Crippen molar-refractivity contribution in [2.45, 2.75) is 5.03 Å². The Balaban J connectivity index is 2.41. The van der Waals surface area contributed by atoms with Gasteiger partial charge in [-0.05, 0) is 12.1 Å². The number of hydrogen-bond donors (Lipinski definition) is 1. The number of hydrogen-bond acceptors (Lipinski definition) is 3. The summed E-state index contributed by atoms with van der Waals surface area (Å²) in [6, 6.07) is 1.92. The number of anilines is 1. The summed E-state index contributed by atoms with van der Waals surface area (Å²) in [5, 5.41) is -0.322. The number of benzene rings is 1. The van der Waals surface area contributed by atoms with Crippen molar-refractivity contribution in [3.05, 3.63) is 40.8 Å². The van der Waals surface area contributed by atoms with Crippen molar-refractivity contribution in [1.82, 2.24) is 9.55 Å². The Morgan fingerprint density at radius 2 is 1.89 bits per heavy atom. The fraction of sp³-hybridized carbons (Fsp3) is 0.100. The van der Waals surface area contributed by atoms with Crippen molar-refractivity contribution in [3.8, 4) is 0 Å². The van der Waals surface area contributed by atoms with Gasteiger partial charge in [0.05, 0.1) is 6.33 Å². The minimum Gasteiger partial charge on any atom is -0.339 e. The highest BCUT2D eigenvalue weighted by Crippen LogP contribution is 2.25. The Kier molecular flexibility index (Phi) is 3.59. The van der Waals surface area contributed by atoms with Gasteiger partial charge in [-0.1, -0.05) is 15.9 Å². The third-order valence-corrected chi connectivity index (χ3v) is 3.89. The predicted octanol–water partition coefficient (Wildman–Crippen LogP) is 2.26. The van der Waals surface area contributed by atoms with Crippen LogP contribution in [0.1, 0.15) is 0 Å². The van der Waals surface area contributed by atoms with Crippen LogP contribution in [0.15, 0.2) is 34.2 Å². The first-order chi connectivity index (χ1) is 8.79. The number of halogens is 3. The Hall–Kier alpha value is -1.48. The van der Waals surface area contributed by atoms with Crippen LogP contribution in [0, 0.1) is 11.6 Å². The molecule has 0 aliphatic carbocycles. The molecule has 0 saturated heterocycles. The van der Waals surface area contributed by atoms with Gasteiger partial charge >= 0.3 is 0 Å². The number of aromatic nitrogens is 2. The van der Waals surface area contributed by atoms with Gasteiger partial charge in [0.25, 0.3) is 10.0 Å². The Morgan fingerprint density at radius 1 is 1.32 bits per heavy atom. The third-order valence-electron chi connectivity index (χ3n) is 2.20. The minimum absolute atomic E-state index is 0.170. The first kappa shape index (κ1) is 13.9. The maximum absolute atomic E-state index is 13.5. The lowest BCUT2D eigenvalue weighted by molar-refractivity contribution is 0.580. The molecular formula is C10H8BrF2N3O2S. The van der Waals surface area contributed by atoms with E-state index in [0.717, 1.165) is 12.1 Å². The molecule has 9 heteroatoms. The smallest absolute Gasteiger partial charge is 0.281 e. The molecular weight excluding hydrogens is 344 g/mol. The van der Waals surface area contributed by atoms with Crippen molar-refractivity contribution in [2.75, 3.05) is 4.72 Å². The van der Waals surface area contributed by atoms with E-state index >= 15 is 0 Å². The van der Waals surface area contributed by atoms with E-state index in [4.69, 9.17) is 0 Å². The van der Waals surface area contributed by atoms with Crippen LogP contribution in [-0.4, -0.2) is 18.0 Å². The van der Waals surface area contributed by atoms with Crippen LogP contribution in [0.5, 0.6) is 0 Å². The van der Waals surface area contributed by atoms with Gasteiger partial charge in [-0.3, -0.25) is 4.72 Å². The van der Waals surface area contributed by atoms with Crippen LogP contribution in [-0.2, 0) is 17.1 Å². The summed E-state index contributed by atoms with van der Waals surface area (Å²) in [7, 11) is -2.55. The average molecular weight is 352 g/mol. The lowest BCUT2D eigenvalue weighted by atomic mass is 10.3. The molecule has 102 valence electrons. The van der Waals surface area contributed by atoms with Crippen LogP contribution in [0.25, 0.3) is 0 Å². The van der Waals surface area contributed by atoms with Crippen LogP contribution < -0.4 is 4.72 Å². The largest absolute Gasteiger partial charge is 0.339 e. The zero-order valence-corrected chi connectivity index (χ0v) is 12.0. The minimum atomic E-state index is -4.13. The van der Waals surface area contributed by atoms with E-state index in [2.05, 4.69) is 20.9 Å². The van der Waals surface area contributed by atoms with Crippen molar-refractivity contribution in [1.29, 1.82) is 0 Å². The molecule has 0 bridgehead atoms. The maximum Gasteiger partial charge on any atom is 0.281 e. The van der Waals surface area contributed by atoms with Crippen LogP contribution in [0.4, 0.5) is 14.5 Å². The highest BCUT2D eigenvalue weighted by atomic mass is 79.9. The van der Waals surface area contributed by atoms with E-state index in [-0.39, 0.29) is 9.50 Å². The zero-order chi connectivity index (χ0) is 14.2. The Bertz CT molecular complexity index is 707. The first-order valence-electron chi connectivity index (χ1n) is 4.95. The van der Waals surface area contributed by atoms with Gasteiger partial charge in [-0.25, -0.2) is 13.8 Å². The molecule has 0 aliphatic rings. The summed E-state index contributed by atoms with van der Waals surface area (Å²) in [6.07, 6.45) is 2.49. The van der Waals surface area contributed by atoms with Gasteiger partial charge < -0.3 is 4.57 Å². The fourth-order valence-corrected chi connectivity index (χ4v) is 2.82. The molecule has 0 unspecified atom stereocenters. The summed E-state index contributed by atoms with van der Waals surface area (Å²) >= 11 is 2.90. The van der Waals surface area contributed by atoms with Crippen LogP contribution in [0.2, 0.25) is 0 Å². The molecule has 0 saturated carbocycles. The SMILES string of the molecule is Cn1cnc(S(=O)(=O)Nc2c(F)cc(Br)cc2F)c1. The third kappa shape index (κ3) is 2.92. The summed E-state index contributed by atoms with van der Waals surface area (Å²) in [4.78, 5) is 3.62.